The average molecular weight is 376 g/mol. The summed E-state index contributed by atoms with van der Waals surface area (Å²) in [5, 5.41) is 2.65. The molecule has 1 N–H and O–H groups in total. The Bertz CT molecular complexity index is 603. The second-order valence-electron chi connectivity index (χ2n) is 3.56. The lowest BCUT2D eigenvalue weighted by atomic mass is 10.2. The Kier molecular flexibility index (Phi) is 4.19. The zero-order valence-corrected chi connectivity index (χ0v) is 12.0. The zero-order valence-electron chi connectivity index (χ0n) is 9.08. The molecule has 18 heavy (non-hydrogen) atoms. The van der Waals surface area contributed by atoms with Gasteiger partial charge in [-0.2, -0.15) is 0 Å². The molecule has 0 aliphatic heterocycles. The van der Waals surface area contributed by atoms with Crippen LogP contribution in [0.3, 0.4) is 0 Å². The Balaban J connectivity index is 2.22. The lowest BCUT2D eigenvalue weighted by Crippen LogP contribution is -2.13. The summed E-state index contributed by atoms with van der Waals surface area (Å²) in [6, 6.07) is 11.3. The van der Waals surface area contributed by atoms with Crippen LogP contribution in [0.1, 0.15) is 10.4 Å². The lowest BCUT2D eigenvalue weighted by molar-refractivity contribution is 0.102. The third-order valence-corrected chi connectivity index (χ3v) is 3.54. The minimum Gasteiger partial charge on any atom is -0.322 e. The summed E-state index contributed by atoms with van der Waals surface area (Å²) in [7, 11) is 0. The van der Waals surface area contributed by atoms with Crippen LogP contribution < -0.4 is 5.32 Å². The smallest absolute Gasteiger partial charge is 0.256 e. The number of carbonyl (C=O) groups is 1. The van der Waals surface area contributed by atoms with Crippen molar-refractivity contribution in [3.05, 3.63) is 62.4 Å². The molecule has 0 radical (unpaired) electrons. The van der Waals surface area contributed by atoms with Crippen LogP contribution in [-0.4, -0.2) is 5.91 Å². The van der Waals surface area contributed by atoms with Gasteiger partial charge in [0.1, 0.15) is 5.82 Å². The van der Waals surface area contributed by atoms with Gasteiger partial charge in [-0.25, -0.2) is 4.39 Å². The summed E-state index contributed by atoms with van der Waals surface area (Å²) in [4.78, 5) is 12.0. The number of benzene rings is 2. The molecule has 2 rings (SSSR count). The summed E-state index contributed by atoms with van der Waals surface area (Å²) in [5.74, 6) is -0.834. The number of hydrogen-bond donors (Lipinski definition) is 1. The summed E-state index contributed by atoms with van der Waals surface area (Å²) in [5.41, 5.74) is 0.926. The van der Waals surface area contributed by atoms with E-state index in [2.05, 4.69) is 27.9 Å². The monoisotopic (exact) mass is 375 g/mol. The summed E-state index contributed by atoms with van der Waals surface area (Å²) in [6.07, 6.45) is 0. The Morgan fingerprint density at radius 3 is 2.61 bits per heavy atom. The topological polar surface area (TPSA) is 29.1 Å². The largest absolute Gasteiger partial charge is 0.322 e. The molecule has 1 amide bonds. The van der Waals surface area contributed by atoms with Crippen LogP contribution in [0, 0.1) is 9.39 Å². The number of hydrogen-bond acceptors (Lipinski definition) is 1. The number of amides is 1. The molecule has 5 heteroatoms. The summed E-state index contributed by atoms with van der Waals surface area (Å²) >= 11 is 7.64. The molecule has 0 aromatic heterocycles. The Morgan fingerprint density at radius 2 is 1.94 bits per heavy atom. The molecule has 92 valence electrons. The summed E-state index contributed by atoms with van der Waals surface area (Å²) < 4.78 is 14.1. The molecule has 2 aromatic carbocycles. The van der Waals surface area contributed by atoms with Crippen LogP contribution >= 0.6 is 34.2 Å². The van der Waals surface area contributed by atoms with E-state index in [4.69, 9.17) is 11.6 Å². The lowest BCUT2D eigenvalue weighted by Gasteiger charge is -2.07. The predicted octanol–water partition coefficient (Wildman–Crippen LogP) is 4.34. The normalized spacial score (nSPS) is 10.2. The van der Waals surface area contributed by atoms with E-state index in [-0.39, 0.29) is 10.9 Å². The van der Waals surface area contributed by atoms with Crippen molar-refractivity contribution in [3.63, 3.8) is 0 Å². The Hall–Kier alpha value is -1.14. The van der Waals surface area contributed by atoms with Crippen LogP contribution in [0.25, 0.3) is 0 Å². The quantitative estimate of drug-likeness (QED) is 0.778. The van der Waals surface area contributed by atoms with Gasteiger partial charge in [0.05, 0.1) is 10.6 Å². The first kappa shape index (κ1) is 13.3. The van der Waals surface area contributed by atoms with E-state index in [1.807, 2.05) is 12.1 Å². The van der Waals surface area contributed by atoms with Gasteiger partial charge in [0.25, 0.3) is 5.91 Å². The molecule has 0 aliphatic carbocycles. The van der Waals surface area contributed by atoms with Gasteiger partial charge in [-0.05, 0) is 52.9 Å². The molecule has 0 aliphatic rings. The molecule has 0 fully saturated rings. The van der Waals surface area contributed by atoms with Crippen molar-refractivity contribution in [1.82, 2.24) is 0 Å². The van der Waals surface area contributed by atoms with E-state index in [0.717, 1.165) is 3.57 Å². The first-order valence-corrected chi connectivity index (χ1v) is 6.54. The van der Waals surface area contributed by atoms with Crippen molar-refractivity contribution >= 4 is 45.8 Å². The molecule has 0 spiro atoms. The molecule has 0 atom stereocenters. The highest BCUT2D eigenvalue weighted by atomic mass is 127. The van der Waals surface area contributed by atoms with Gasteiger partial charge in [0.15, 0.2) is 0 Å². The SMILES string of the molecule is O=C(Nc1ccc(Cl)c(F)c1)c1ccccc1I. The van der Waals surface area contributed by atoms with Gasteiger partial charge in [0, 0.05) is 9.26 Å². The number of carbonyl (C=O) groups excluding carboxylic acids is 1. The van der Waals surface area contributed by atoms with Gasteiger partial charge in [-0.15, -0.1) is 0 Å². The van der Waals surface area contributed by atoms with E-state index in [1.54, 1.807) is 18.2 Å². The first-order chi connectivity index (χ1) is 8.58. The van der Waals surface area contributed by atoms with Crippen LogP contribution in [0.15, 0.2) is 42.5 Å². The fourth-order valence-corrected chi connectivity index (χ4v) is 2.17. The molecule has 0 bridgehead atoms. The van der Waals surface area contributed by atoms with Crippen molar-refractivity contribution in [2.45, 2.75) is 0 Å². The molecule has 2 nitrogen and oxygen atoms in total. The molecule has 0 saturated heterocycles. The second kappa shape index (κ2) is 5.67. The Morgan fingerprint density at radius 1 is 1.22 bits per heavy atom. The van der Waals surface area contributed by atoms with Crippen LogP contribution in [0.4, 0.5) is 10.1 Å². The van der Waals surface area contributed by atoms with Crippen molar-refractivity contribution in [2.75, 3.05) is 5.32 Å². The van der Waals surface area contributed by atoms with E-state index in [9.17, 15) is 9.18 Å². The molecule has 0 unspecified atom stereocenters. The van der Waals surface area contributed by atoms with Crippen molar-refractivity contribution in [1.29, 1.82) is 0 Å². The molecular weight excluding hydrogens is 368 g/mol. The minimum atomic E-state index is -0.558. The van der Waals surface area contributed by atoms with Crippen LogP contribution in [-0.2, 0) is 0 Å². The van der Waals surface area contributed by atoms with Gasteiger partial charge < -0.3 is 5.32 Å². The highest BCUT2D eigenvalue weighted by molar-refractivity contribution is 14.1. The number of rotatable bonds is 2. The van der Waals surface area contributed by atoms with Crippen molar-refractivity contribution in [3.8, 4) is 0 Å². The Labute approximate surface area is 122 Å². The van der Waals surface area contributed by atoms with E-state index >= 15 is 0 Å². The van der Waals surface area contributed by atoms with Gasteiger partial charge in [-0.3, -0.25) is 4.79 Å². The average Bonchev–Trinajstić information content (AvgIpc) is 2.34. The molecule has 0 saturated carbocycles. The fourth-order valence-electron chi connectivity index (χ4n) is 1.42. The highest BCUT2D eigenvalue weighted by Gasteiger charge is 2.10. The maximum absolute atomic E-state index is 13.2. The van der Waals surface area contributed by atoms with Crippen LogP contribution in [0.2, 0.25) is 5.02 Å². The number of anilines is 1. The third kappa shape index (κ3) is 3.00. The van der Waals surface area contributed by atoms with Gasteiger partial charge in [0.2, 0.25) is 0 Å². The van der Waals surface area contributed by atoms with Gasteiger partial charge >= 0.3 is 0 Å². The van der Waals surface area contributed by atoms with E-state index < -0.39 is 5.82 Å². The van der Waals surface area contributed by atoms with Gasteiger partial charge in [-0.1, -0.05) is 23.7 Å². The molecular formula is C13H8ClFINO. The molecule has 0 heterocycles. The van der Waals surface area contributed by atoms with Crippen molar-refractivity contribution in [2.24, 2.45) is 0 Å². The minimum absolute atomic E-state index is 0.0299. The first-order valence-electron chi connectivity index (χ1n) is 5.09. The second-order valence-corrected chi connectivity index (χ2v) is 5.13. The standard InChI is InChI=1S/C13H8ClFINO/c14-10-6-5-8(7-11(10)15)17-13(18)9-3-1-2-4-12(9)16/h1-7H,(H,17,18). The zero-order chi connectivity index (χ0) is 13.1. The molecule has 2 aromatic rings. The van der Waals surface area contributed by atoms with E-state index in [0.29, 0.717) is 11.3 Å². The fraction of sp³-hybridized carbons (Fsp3) is 0. The van der Waals surface area contributed by atoms with Crippen molar-refractivity contribution < 1.29 is 9.18 Å². The maximum atomic E-state index is 13.2. The van der Waals surface area contributed by atoms with Crippen LogP contribution in [0.5, 0.6) is 0 Å². The third-order valence-electron chi connectivity index (χ3n) is 2.30. The van der Waals surface area contributed by atoms with E-state index in [1.165, 1.54) is 12.1 Å². The summed E-state index contributed by atoms with van der Waals surface area (Å²) in [6.45, 7) is 0. The number of nitrogens with one attached hydrogen (secondary N) is 1. The number of halogens is 3. The predicted molar refractivity (Wildman–Crippen MR) is 78.5 cm³/mol. The highest BCUT2D eigenvalue weighted by Crippen LogP contribution is 2.20. The maximum Gasteiger partial charge on any atom is 0.256 e.